The Hall–Kier alpha value is 0.680. The third-order valence-electron chi connectivity index (χ3n) is 2.77. The molecule has 0 radical (unpaired) electrons. The summed E-state index contributed by atoms with van der Waals surface area (Å²) in [7, 11) is 0. The monoisotopic (exact) mass is 382 g/mol. The Bertz CT molecular complexity index is 383. The number of halogens is 2. The van der Waals surface area contributed by atoms with Crippen LogP contribution in [0.2, 0.25) is 0 Å². The second kappa shape index (κ2) is 6.03. The van der Waals surface area contributed by atoms with Crippen LogP contribution < -0.4 is 0 Å². The van der Waals surface area contributed by atoms with Crippen molar-refractivity contribution < 1.29 is 4.79 Å². The van der Waals surface area contributed by atoms with Gasteiger partial charge in [0.15, 0.2) is 5.78 Å². The second-order valence-corrected chi connectivity index (χ2v) is 8.90. The van der Waals surface area contributed by atoms with Crippen molar-refractivity contribution in [1.82, 2.24) is 0 Å². The highest BCUT2D eigenvalue weighted by molar-refractivity contribution is 9.12. The summed E-state index contributed by atoms with van der Waals surface area (Å²) < 4.78 is 1.97. The lowest BCUT2D eigenvalue weighted by Gasteiger charge is -2.20. The SMILES string of the molecule is O=C(CC1CCSCC1)c1cc(Br)sc1Br. The Morgan fingerprint density at radius 3 is 2.62 bits per heavy atom. The highest BCUT2D eigenvalue weighted by Gasteiger charge is 2.20. The maximum atomic E-state index is 12.1. The Balaban J connectivity index is 1.99. The summed E-state index contributed by atoms with van der Waals surface area (Å²) >= 11 is 10.4. The normalized spacial score (nSPS) is 17.6. The fourth-order valence-electron chi connectivity index (χ4n) is 1.85. The number of hydrogen-bond donors (Lipinski definition) is 0. The molecule has 0 atom stereocenters. The minimum absolute atomic E-state index is 0.283. The molecule has 1 aliphatic heterocycles. The van der Waals surface area contributed by atoms with Crippen LogP contribution in [0.15, 0.2) is 13.6 Å². The summed E-state index contributed by atoms with van der Waals surface area (Å²) in [6.45, 7) is 0. The molecule has 1 nitrogen and oxygen atoms in total. The third-order valence-corrected chi connectivity index (χ3v) is 6.16. The predicted octanol–water partition coefficient (Wildman–Crippen LogP) is 4.99. The van der Waals surface area contributed by atoms with E-state index in [0.717, 1.165) is 13.1 Å². The summed E-state index contributed by atoms with van der Waals surface area (Å²) in [5.74, 6) is 3.31. The second-order valence-electron chi connectivity index (χ2n) is 3.92. The fourth-order valence-corrected chi connectivity index (χ4v) is 5.91. The highest BCUT2D eigenvalue weighted by Crippen LogP contribution is 2.34. The number of hydrogen-bond acceptors (Lipinski definition) is 3. The quantitative estimate of drug-likeness (QED) is 0.684. The van der Waals surface area contributed by atoms with E-state index in [-0.39, 0.29) is 5.78 Å². The van der Waals surface area contributed by atoms with E-state index in [1.807, 2.05) is 17.8 Å². The minimum atomic E-state index is 0.283. The maximum Gasteiger partial charge on any atom is 0.165 e. The molecule has 2 rings (SSSR count). The van der Waals surface area contributed by atoms with Gasteiger partial charge in [0, 0.05) is 12.0 Å². The Labute approximate surface area is 121 Å². The van der Waals surface area contributed by atoms with Crippen LogP contribution >= 0.6 is 55.0 Å². The lowest BCUT2D eigenvalue weighted by atomic mass is 9.94. The van der Waals surface area contributed by atoms with Gasteiger partial charge in [-0.2, -0.15) is 11.8 Å². The summed E-state index contributed by atoms with van der Waals surface area (Å²) in [6, 6.07) is 1.93. The summed E-state index contributed by atoms with van der Waals surface area (Å²) in [5.41, 5.74) is 0.843. The first-order valence-electron chi connectivity index (χ1n) is 5.22. The molecule has 0 spiro atoms. The molecule has 1 aliphatic rings. The molecule has 0 amide bonds. The molecule has 88 valence electrons. The first kappa shape index (κ1) is 13.1. The highest BCUT2D eigenvalue weighted by atomic mass is 79.9. The molecule has 16 heavy (non-hydrogen) atoms. The van der Waals surface area contributed by atoms with Gasteiger partial charge in [0.05, 0.1) is 7.57 Å². The van der Waals surface area contributed by atoms with Gasteiger partial charge in [-0.1, -0.05) is 0 Å². The molecular weight excluding hydrogens is 372 g/mol. The van der Waals surface area contributed by atoms with E-state index in [0.29, 0.717) is 12.3 Å². The summed E-state index contributed by atoms with van der Waals surface area (Å²) in [4.78, 5) is 12.1. The standard InChI is InChI=1S/C11H12Br2OS2/c12-10-6-8(11(13)16-10)9(14)5-7-1-3-15-4-2-7/h6-7H,1-5H2. The molecule has 5 heteroatoms. The summed E-state index contributed by atoms with van der Waals surface area (Å²) in [6.07, 6.45) is 3.10. The van der Waals surface area contributed by atoms with Crippen molar-refractivity contribution in [2.24, 2.45) is 5.92 Å². The molecule has 1 fully saturated rings. The smallest absolute Gasteiger partial charge is 0.165 e. The lowest BCUT2D eigenvalue weighted by Crippen LogP contribution is -2.14. The van der Waals surface area contributed by atoms with Crippen molar-refractivity contribution in [2.45, 2.75) is 19.3 Å². The van der Waals surface area contributed by atoms with Crippen LogP contribution in [-0.2, 0) is 0 Å². The number of Topliss-reactive ketones (excluding diaryl/α,β-unsaturated/α-hetero) is 1. The molecule has 0 aromatic carbocycles. The van der Waals surface area contributed by atoms with Gasteiger partial charge in [-0.3, -0.25) is 4.79 Å². The van der Waals surface area contributed by atoms with E-state index in [1.165, 1.54) is 24.3 Å². The van der Waals surface area contributed by atoms with Crippen LogP contribution in [0.25, 0.3) is 0 Å². The zero-order chi connectivity index (χ0) is 11.5. The van der Waals surface area contributed by atoms with Crippen LogP contribution in [0.4, 0.5) is 0 Å². The van der Waals surface area contributed by atoms with E-state index in [4.69, 9.17) is 0 Å². The van der Waals surface area contributed by atoms with Crippen LogP contribution in [0, 0.1) is 5.92 Å². The Morgan fingerprint density at radius 2 is 2.06 bits per heavy atom. The number of rotatable bonds is 3. The van der Waals surface area contributed by atoms with Crippen molar-refractivity contribution in [3.63, 3.8) is 0 Å². The molecule has 0 N–H and O–H groups in total. The molecule has 1 aromatic heterocycles. The zero-order valence-electron chi connectivity index (χ0n) is 8.67. The number of thioether (sulfide) groups is 1. The van der Waals surface area contributed by atoms with Crippen molar-refractivity contribution in [2.75, 3.05) is 11.5 Å². The molecule has 1 saturated heterocycles. The first-order chi connectivity index (χ1) is 7.66. The average molecular weight is 384 g/mol. The molecule has 0 saturated carbocycles. The largest absolute Gasteiger partial charge is 0.294 e. The van der Waals surface area contributed by atoms with Gasteiger partial charge in [-0.25, -0.2) is 0 Å². The van der Waals surface area contributed by atoms with Gasteiger partial charge in [0.2, 0.25) is 0 Å². The number of carbonyl (C=O) groups excluding carboxylic acids is 1. The topological polar surface area (TPSA) is 17.1 Å². The molecular formula is C11H12Br2OS2. The fraction of sp³-hybridized carbons (Fsp3) is 0.545. The van der Waals surface area contributed by atoms with Gasteiger partial charge in [-0.15, -0.1) is 11.3 Å². The number of ketones is 1. The molecule has 0 bridgehead atoms. The number of thiophene rings is 1. The van der Waals surface area contributed by atoms with Crippen molar-refractivity contribution in [3.05, 3.63) is 19.2 Å². The van der Waals surface area contributed by atoms with E-state index in [2.05, 4.69) is 31.9 Å². The van der Waals surface area contributed by atoms with E-state index in [9.17, 15) is 4.79 Å². The van der Waals surface area contributed by atoms with Gasteiger partial charge in [-0.05, 0) is 68.2 Å². The lowest BCUT2D eigenvalue weighted by molar-refractivity contribution is 0.0958. The van der Waals surface area contributed by atoms with Crippen molar-refractivity contribution in [3.8, 4) is 0 Å². The van der Waals surface area contributed by atoms with Gasteiger partial charge >= 0.3 is 0 Å². The summed E-state index contributed by atoms with van der Waals surface area (Å²) in [5, 5.41) is 0. The molecule has 2 heterocycles. The maximum absolute atomic E-state index is 12.1. The van der Waals surface area contributed by atoms with E-state index in [1.54, 1.807) is 11.3 Å². The van der Waals surface area contributed by atoms with E-state index >= 15 is 0 Å². The number of carbonyl (C=O) groups is 1. The van der Waals surface area contributed by atoms with Crippen LogP contribution in [-0.4, -0.2) is 17.3 Å². The minimum Gasteiger partial charge on any atom is -0.294 e. The van der Waals surface area contributed by atoms with Gasteiger partial charge < -0.3 is 0 Å². The third kappa shape index (κ3) is 3.34. The van der Waals surface area contributed by atoms with Gasteiger partial charge in [0.1, 0.15) is 0 Å². The van der Waals surface area contributed by atoms with Crippen molar-refractivity contribution in [1.29, 1.82) is 0 Å². The predicted molar refractivity (Wildman–Crippen MR) is 78.7 cm³/mol. The Kier molecular flexibility index (Phi) is 4.94. The van der Waals surface area contributed by atoms with Crippen LogP contribution in [0.3, 0.4) is 0 Å². The van der Waals surface area contributed by atoms with Crippen molar-refractivity contribution >= 4 is 60.7 Å². The average Bonchev–Trinajstić information content (AvgIpc) is 2.59. The van der Waals surface area contributed by atoms with Crippen LogP contribution in [0.1, 0.15) is 29.6 Å². The first-order valence-corrected chi connectivity index (χ1v) is 8.78. The van der Waals surface area contributed by atoms with E-state index < -0.39 is 0 Å². The Morgan fingerprint density at radius 1 is 1.38 bits per heavy atom. The zero-order valence-corrected chi connectivity index (χ0v) is 13.5. The van der Waals surface area contributed by atoms with Crippen LogP contribution in [0.5, 0.6) is 0 Å². The molecule has 0 aliphatic carbocycles. The van der Waals surface area contributed by atoms with Gasteiger partial charge in [0.25, 0.3) is 0 Å². The molecule has 1 aromatic rings. The molecule has 0 unspecified atom stereocenters.